The fourth-order valence-corrected chi connectivity index (χ4v) is 3.44. The number of hydrogen-bond acceptors (Lipinski definition) is 2. The van der Waals surface area contributed by atoms with Gasteiger partial charge in [0.1, 0.15) is 5.41 Å². The van der Waals surface area contributed by atoms with Crippen LogP contribution in [0.15, 0.2) is 110 Å². The van der Waals surface area contributed by atoms with Gasteiger partial charge in [-0.3, -0.25) is 4.79 Å². The number of nitrogens with zero attached hydrogens (tertiary/aromatic N) is 1. The molecule has 0 aliphatic carbocycles. The van der Waals surface area contributed by atoms with Crippen molar-refractivity contribution in [2.24, 2.45) is 5.41 Å². The van der Waals surface area contributed by atoms with Gasteiger partial charge in [-0.15, -0.1) is 0 Å². The van der Waals surface area contributed by atoms with Crippen LogP contribution in [-0.2, 0) is 4.79 Å². The largest absolute Gasteiger partial charge is 0.381 e. The lowest BCUT2D eigenvalue weighted by Crippen LogP contribution is -2.48. The molecule has 0 bridgehead atoms. The third-order valence-electron chi connectivity index (χ3n) is 5.90. The van der Waals surface area contributed by atoms with E-state index in [1.165, 1.54) is 24.3 Å². The summed E-state index contributed by atoms with van der Waals surface area (Å²) >= 11 is 0. The Kier molecular flexibility index (Phi) is 7.64. The van der Waals surface area contributed by atoms with Gasteiger partial charge in [0.05, 0.1) is 12.1 Å². The first-order valence-electron chi connectivity index (χ1n) is 11.0. The number of alkyl halides is 2. The Morgan fingerprint density at radius 2 is 1.39 bits per heavy atom. The molecule has 2 aromatic rings. The SMILES string of the molecule is C1=CNC(c2ccccc2)C=C1.CC(F)(F)C(C)(C)C(=O)N1C=CC=CC1c1ccccc1. The summed E-state index contributed by atoms with van der Waals surface area (Å²) in [6.45, 7) is 3.35. The van der Waals surface area contributed by atoms with Gasteiger partial charge in [-0.1, -0.05) is 85.0 Å². The summed E-state index contributed by atoms with van der Waals surface area (Å²) in [5.74, 6) is -3.69. The van der Waals surface area contributed by atoms with Crippen LogP contribution in [-0.4, -0.2) is 16.7 Å². The van der Waals surface area contributed by atoms with E-state index >= 15 is 0 Å². The highest BCUT2D eigenvalue weighted by Crippen LogP contribution is 2.40. The molecule has 0 spiro atoms. The number of amides is 1. The molecule has 0 fully saturated rings. The molecule has 0 saturated heterocycles. The number of rotatable bonds is 4. The van der Waals surface area contributed by atoms with Crippen LogP contribution in [0.1, 0.15) is 44.0 Å². The third-order valence-corrected chi connectivity index (χ3v) is 5.90. The van der Waals surface area contributed by atoms with E-state index in [0.717, 1.165) is 12.5 Å². The van der Waals surface area contributed by atoms with Crippen molar-refractivity contribution >= 4 is 5.91 Å². The van der Waals surface area contributed by atoms with Crippen molar-refractivity contribution in [2.75, 3.05) is 0 Å². The summed E-state index contributed by atoms with van der Waals surface area (Å²) in [5.41, 5.74) is 0.426. The van der Waals surface area contributed by atoms with Gasteiger partial charge in [0.15, 0.2) is 0 Å². The molecule has 33 heavy (non-hydrogen) atoms. The van der Waals surface area contributed by atoms with E-state index < -0.39 is 17.2 Å². The molecule has 1 amide bonds. The Balaban J connectivity index is 0.000000215. The minimum absolute atomic E-state index is 0.344. The van der Waals surface area contributed by atoms with E-state index in [1.54, 1.807) is 12.3 Å². The number of benzene rings is 2. The number of carbonyl (C=O) groups excluding carboxylic acids is 1. The van der Waals surface area contributed by atoms with Crippen molar-refractivity contribution in [1.82, 2.24) is 10.2 Å². The predicted molar refractivity (Wildman–Crippen MR) is 129 cm³/mol. The number of dihydropyridines is 1. The van der Waals surface area contributed by atoms with Gasteiger partial charge in [-0.05, 0) is 43.3 Å². The van der Waals surface area contributed by atoms with Crippen molar-refractivity contribution in [2.45, 2.75) is 38.8 Å². The van der Waals surface area contributed by atoms with Crippen LogP contribution in [0.4, 0.5) is 8.78 Å². The smallest absolute Gasteiger partial charge is 0.259 e. The fraction of sp³-hybridized carbons (Fsp3) is 0.250. The molecule has 2 atom stereocenters. The van der Waals surface area contributed by atoms with Crippen LogP contribution in [0, 0.1) is 5.41 Å². The van der Waals surface area contributed by atoms with Gasteiger partial charge in [0.2, 0.25) is 5.91 Å². The molecule has 2 aliphatic heterocycles. The third kappa shape index (κ3) is 5.86. The lowest BCUT2D eigenvalue weighted by Gasteiger charge is -2.38. The van der Waals surface area contributed by atoms with E-state index in [4.69, 9.17) is 0 Å². The number of carbonyl (C=O) groups is 1. The molecule has 4 rings (SSSR count). The Morgan fingerprint density at radius 1 is 0.818 bits per heavy atom. The van der Waals surface area contributed by atoms with Gasteiger partial charge in [-0.25, -0.2) is 8.78 Å². The average Bonchev–Trinajstić information content (AvgIpc) is 2.85. The molecule has 0 aromatic heterocycles. The number of allylic oxidation sites excluding steroid dienone is 4. The van der Waals surface area contributed by atoms with Gasteiger partial charge < -0.3 is 10.2 Å². The first-order valence-corrected chi connectivity index (χ1v) is 11.0. The zero-order chi connectivity index (χ0) is 23.9. The quantitative estimate of drug-likeness (QED) is 0.563. The van der Waals surface area contributed by atoms with Crippen molar-refractivity contribution in [3.05, 3.63) is 121 Å². The van der Waals surface area contributed by atoms with E-state index in [-0.39, 0.29) is 6.04 Å². The Hall–Kier alpha value is -3.47. The molecule has 2 unspecified atom stereocenters. The summed E-state index contributed by atoms with van der Waals surface area (Å²) in [7, 11) is 0. The standard InChI is InChI=1S/C17H19F2NO.C11H11N/c1-16(2,17(3,18)19)15(21)20-12-8-7-11-14(20)13-9-5-4-6-10-13;1-2-6-10(7-3-1)11-8-4-5-9-12-11/h4-12,14H,1-3H3;1-9,11-12H. The summed E-state index contributed by atoms with van der Waals surface area (Å²) in [5, 5.41) is 3.27. The molecule has 2 aromatic carbocycles. The summed E-state index contributed by atoms with van der Waals surface area (Å²) in [6.07, 6.45) is 15.1. The van der Waals surface area contributed by atoms with Crippen molar-refractivity contribution in [1.29, 1.82) is 0 Å². The van der Waals surface area contributed by atoms with Crippen LogP contribution in [0.3, 0.4) is 0 Å². The zero-order valence-corrected chi connectivity index (χ0v) is 19.2. The average molecular weight is 449 g/mol. The van der Waals surface area contributed by atoms with Crippen LogP contribution >= 0.6 is 0 Å². The van der Waals surface area contributed by atoms with Crippen LogP contribution in [0.25, 0.3) is 0 Å². The van der Waals surface area contributed by atoms with E-state index in [9.17, 15) is 13.6 Å². The lowest BCUT2D eigenvalue weighted by molar-refractivity contribution is -0.161. The first kappa shape index (κ1) is 24.2. The maximum Gasteiger partial charge on any atom is 0.259 e. The van der Waals surface area contributed by atoms with Gasteiger partial charge in [0.25, 0.3) is 5.92 Å². The molecule has 172 valence electrons. The molecular formula is C28H30F2N2O. The maximum absolute atomic E-state index is 13.7. The Labute approximate surface area is 194 Å². The molecular weight excluding hydrogens is 418 g/mol. The highest BCUT2D eigenvalue weighted by Gasteiger charge is 2.50. The molecule has 0 radical (unpaired) electrons. The number of nitrogens with one attached hydrogen (secondary N) is 1. The van der Waals surface area contributed by atoms with Crippen LogP contribution < -0.4 is 5.32 Å². The number of hydrogen-bond donors (Lipinski definition) is 1. The minimum atomic E-state index is -3.10. The predicted octanol–water partition coefficient (Wildman–Crippen LogP) is 6.72. The normalized spacial score (nSPS) is 19.5. The zero-order valence-electron chi connectivity index (χ0n) is 19.2. The Morgan fingerprint density at radius 3 is 1.94 bits per heavy atom. The van der Waals surface area contributed by atoms with E-state index in [0.29, 0.717) is 6.04 Å². The van der Waals surface area contributed by atoms with Crippen molar-refractivity contribution in [3.8, 4) is 0 Å². The molecule has 1 N–H and O–H groups in total. The summed E-state index contributed by atoms with van der Waals surface area (Å²) in [4.78, 5) is 14.0. The molecule has 0 saturated carbocycles. The second-order valence-corrected chi connectivity index (χ2v) is 8.61. The highest BCUT2D eigenvalue weighted by molar-refractivity contribution is 5.85. The van der Waals surface area contributed by atoms with E-state index in [1.807, 2.05) is 60.8 Å². The van der Waals surface area contributed by atoms with Crippen LogP contribution in [0.2, 0.25) is 0 Å². The summed E-state index contributed by atoms with van der Waals surface area (Å²) in [6, 6.07) is 19.8. The molecule has 2 heterocycles. The summed E-state index contributed by atoms with van der Waals surface area (Å²) < 4.78 is 27.5. The molecule has 2 aliphatic rings. The highest BCUT2D eigenvalue weighted by atomic mass is 19.3. The maximum atomic E-state index is 13.7. The van der Waals surface area contributed by atoms with Gasteiger partial charge in [-0.2, -0.15) is 0 Å². The van der Waals surface area contributed by atoms with E-state index in [2.05, 4.69) is 41.7 Å². The minimum Gasteiger partial charge on any atom is -0.381 e. The second kappa shape index (κ2) is 10.4. The lowest BCUT2D eigenvalue weighted by atomic mass is 9.84. The monoisotopic (exact) mass is 448 g/mol. The van der Waals surface area contributed by atoms with Crippen molar-refractivity contribution < 1.29 is 13.6 Å². The molecule has 3 nitrogen and oxygen atoms in total. The van der Waals surface area contributed by atoms with Gasteiger partial charge in [0, 0.05) is 13.1 Å². The van der Waals surface area contributed by atoms with Gasteiger partial charge >= 0.3 is 0 Å². The second-order valence-electron chi connectivity index (χ2n) is 8.61. The Bertz CT molecular complexity index is 1030. The number of halogens is 2. The topological polar surface area (TPSA) is 32.3 Å². The van der Waals surface area contributed by atoms with Crippen LogP contribution in [0.5, 0.6) is 0 Å². The first-order chi connectivity index (χ1) is 15.7. The van der Waals surface area contributed by atoms with Crippen molar-refractivity contribution in [3.63, 3.8) is 0 Å². The molecule has 5 heteroatoms. The fourth-order valence-electron chi connectivity index (χ4n) is 3.44.